The molecule has 12 rings (SSSR count). The Balaban J connectivity index is 1.02. The predicted molar refractivity (Wildman–Crippen MR) is 252 cm³/mol. The third-order valence-electron chi connectivity index (χ3n) is 12.7. The summed E-state index contributed by atoms with van der Waals surface area (Å²) in [6, 6.07) is 76.8. The van der Waals surface area contributed by atoms with Crippen molar-refractivity contribution in [3.63, 3.8) is 0 Å². The molecule has 11 aromatic rings. The Labute approximate surface area is 348 Å². The standard InChI is InChI=1S/C57H39NS/c1-3-13-37(14-4-1)38-23-25-40(26-24-38)45-30-27-39-15-7-8-18-44(39)49-35-42(28-31-46(45)49)43-29-32-52-50(36-43)47-19-9-11-21-51(47)58(52)53-33-34-55-57(48-20-10-12-22-54(48)59-55)56(53)41-16-5-2-6-17-41/h1-26,28-29,31-36,45H,27,30H2. The van der Waals surface area contributed by atoms with Crippen LogP contribution in [0, 0.1) is 0 Å². The zero-order valence-electron chi connectivity index (χ0n) is 32.5. The van der Waals surface area contributed by atoms with E-state index in [0.29, 0.717) is 5.92 Å². The molecule has 9 aromatic carbocycles. The van der Waals surface area contributed by atoms with Crippen LogP contribution in [0.15, 0.2) is 206 Å². The van der Waals surface area contributed by atoms with Gasteiger partial charge in [0.15, 0.2) is 0 Å². The minimum Gasteiger partial charge on any atom is -0.309 e. The van der Waals surface area contributed by atoms with E-state index < -0.39 is 0 Å². The van der Waals surface area contributed by atoms with Crippen LogP contribution < -0.4 is 0 Å². The number of rotatable bonds is 5. The predicted octanol–water partition coefficient (Wildman–Crippen LogP) is 15.9. The van der Waals surface area contributed by atoms with Crippen LogP contribution in [0.2, 0.25) is 0 Å². The molecular formula is C57H39NS. The van der Waals surface area contributed by atoms with E-state index in [-0.39, 0.29) is 0 Å². The topological polar surface area (TPSA) is 4.93 Å². The van der Waals surface area contributed by atoms with E-state index in [2.05, 4.69) is 211 Å². The van der Waals surface area contributed by atoms with Crippen molar-refractivity contribution in [1.82, 2.24) is 4.57 Å². The van der Waals surface area contributed by atoms with E-state index >= 15 is 0 Å². The van der Waals surface area contributed by atoms with Gasteiger partial charge >= 0.3 is 0 Å². The number of aromatic nitrogens is 1. The summed E-state index contributed by atoms with van der Waals surface area (Å²) in [7, 11) is 0. The first kappa shape index (κ1) is 34.1. The smallest absolute Gasteiger partial charge is 0.0547 e. The highest BCUT2D eigenvalue weighted by Gasteiger charge is 2.25. The number of hydrogen-bond donors (Lipinski definition) is 0. The van der Waals surface area contributed by atoms with Crippen LogP contribution in [0.4, 0.5) is 0 Å². The van der Waals surface area contributed by atoms with Crippen LogP contribution in [0.1, 0.15) is 29.0 Å². The van der Waals surface area contributed by atoms with Gasteiger partial charge in [-0.2, -0.15) is 0 Å². The first-order valence-electron chi connectivity index (χ1n) is 20.7. The molecule has 2 heteroatoms. The first-order chi connectivity index (χ1) is 29.3. The van der Waals surface area contributed by atoms with Crippen molar-refractivity contribution >= 4 is 53.3 Å². The molecule has 1 unspecified atom stereocenters. The van der Waals surface area contributed by atoms with Gasteiger partial charge in [-0.05, 0) is 111 Å². The van der Waals surface area contributed by atoms with Crippen LogP contribution in [0.25, 0.3) is 92.2 Å². The summed E-state index contributed by atoms with van der Waals surface area (Å²) < 4.78 is 5.14. The van der Waals surface area contributed by atoms with Crippen molar-refractivity contribution < 1.29 is 0 Å². The lowest BCUT2D eigenvalue weighted by Crippen LogP contribution is -2.02. The fraction of sp³-hybridized carbons (Fsp3) is 0.0526. The molecule has 0 aliphatic heterocycles. The van der Waals surface area contributed by atoms with Gasteiger partial charge in [-0.15, -0.1) is 11.3 Å². The number of hydrogen-bond acceptors (Lipinski definition) is 1. The van der Waals surface area contributed by atoms with Crippen molar-refractivity contribution in [2.45, 2.75) is 18.8 Å². The Morgan fingerprint density at radius 1 is 0.424 bits per heavy atom. The molecule has 0 saturated heterocycles. The molecule has 1 aliphatic rings. The summed E-state index contributed by atoms with van der Waals surface area (Å²) in [5.74, 6) is 0.313. The molecule has 0 amide bonds. The summed E-state index contributed by atoms with van der Waals surface area (Å²) in [4.78, 5) is 0. The Bertz CT molecular complexity index is 3370. The largest absolute Gasteiger partial charge is 0.309 e. The van der Waals surface area contributed by atoms with Gasteiger partial charge in [0.05, 0.1) is 16.7 Å². The van der Waals surface area contributed by atoms with Crippen LogP contribution >= 0.6 is 11.3 Å². The van der Waals surface area contributed by atoms with Gasteiger partial charge in [-0.3, -0.25) is 0 Å². The zero-order valence-corrected chi connectivity index (χ0v) is 33.3. The van der Waals surface area contributed by atoms with E-state index in [1.54, 1.807) is 0 Å². The van der Waals surface area contributed by atoms with Crippen molar-refractivity contribution in [2.75, 3.05) is 0 Å². The summed E-state index contributed by atoms with van der Waals surface area (Å²) in [6.45, 7) is 0. The zero-order chi connectivity index (χ0) is 38.9. The number of para-hydroxylation sites is 1. The van der Waals surface area contributed by atoms with Crippen molar-refractivity contribution in [1.29, 1.82) is 0 Å². The van der Waals surface area contributed by atoms with Crippen molar-refractivity contribution in [3.8, 4) is 50.2 Å². The number of thiophene rings is 1. The molecule has 0 fully saturated rings. The average molecular weight is 770 g/mol. The Kier molecular flexibility index (Phi) is 7.99. The highest BCUT2D eigenvalue weighted by molar-refractivity contribution is 7.26. The fourth-order valence-corrected chi connectivity index (χ4v) is 11.0. The van der Waals surface area contributed by atoms with Gasteiger partial charge < -0.3 is 4.57 Å². The van der Waals surface area contributed by atoms with Crippen molar-refractivity contribution in [2.24, 2.45) is 0 Å². The van der Waals surface area contributed by atoms with Crippen molar-refractivity contribution in [3.05, 3.63) is 223 Å². The minimum atomic E-state index is 0.313. The molecule has 2 heterocycles. The molecule has 0 bridgehead atoms. The van der Waals surface area contributed by atoms with Crippen LogP contribution in [0.3, 0.4) is 0 Å². The van der Waals surface area contributed by atoms with E-state index in [1.807, 2.05) is 11.3 Å². The second kappa shape index (κ2) is 13.8. The molecule has 1 aliphatic carbocycles. The minimum absolute atomic E-state index is 0.313. The highest BCUT2D eigenvalue weighted by Crippen LogP contribution is 2.47. The molecule has 1 nitrogen and oxygen atoms in total. The second-order valence-corrected chi connectivity index (χ2v) is 17.0. The maximum absolute atomic E-state index is 2.50. The van der Waals surface area contributed by atoms with Crippen LogP contribution in [-0.2, 0) is 6.42 Å². The second-order valence-electron chi connectivity index (χ2n) is 15.9. The molecule has 0 N–H and O–H groups in total. The number of fused-ring (bicyclic) bond motifs is 9. The van der Waals surface area contributed by atoms with Crippen LogP contribution in [-0.4, -0.2) is 4.57 Å². The summed E-state index contributed by atoms with van der Waals surface area (Å²) in [6.07, 6.45) is 2.13. The highest BCUT2D eigenvalue weighted by atomic mass is 32.1. The van der Waals surface area contributed by atoms with Crippen LogP contribution in [0.5, 0.6) is 0 Å². The number of aryl methyl sites for hydroxylation is 1. The average Bonchev–Trinajstić information content (AvgIpc) is 3.79. The van der Waals surface area contributed by atoms with Gasteiger partial charge in [-0.25, -0.2) is 0 Å². The Morgan fingerprint density at radius 3 is 1.92 bits per heavy atom. The molecule has 0 radical (unpaired) electrons. The molecule has 278 valence electrons. The summed E-state index contributed by atoms with van der Waals surface area (Å²) in [5.41, 5.74) is 18.1. The maximum Gasteiger partial charge on any atom is 0.0547 e. The van der Waals surface area contributed by atoms with Gasteiger partial charge in [0.25, 0.3) is 0 Å². The molecule has 1 atom stereocenters. The lowest BCUT2D eigenvalue weighted by molar-refractivity contribution is 0.726. The van der Waals surface area contributed by atoms with Gasteiger partial charge in [-0.1, -0.05) is 164 Å². The normalized spacial score (nSPS) is 13.8. The number of nitrogens with zero attached hydrogens (tertiary/aromatic N) is 1. The van der Waals surface area contributed by atoms with E-state index in [9.17, 15) is 0 Å². The molecule has 59 heavy (non-hydrogen) atoms. The maximum atomic E-state index is 2.50. The van der Waals surface area contributed by atoms with E-state index in [4.69, 9.17) is 0 Å². The quantitative estimate of drug-likeness (QED) is 0.164. The lowest BCUT2D eigenvalue weighted by Gasteiger charge is -2.20. The van der Waals surface area contributed by atoms with Gasteiger partial charge in [0.1, 0.15) is 0 Å². The Morgan fingerprint density at radius 2 is 1.07 bits per heavy atom. The monoisotopic (exact) mass is 769 g/mol. The van der Waals surface area contributed by atoms with E-state index in [0.717, 1.165) is 12.8 Å². The first-order valence-corrected chi connectivity index (χ1v) is 21.5. The van der Waals surface area contributed by atoms with Gasteiger partial charge in [0, 0.05) is 42.4 Å². The summed E-state index contributed by atoms with van der Waals surface area (Å²) >= 11 is 1.88. The third kappa shape index (κ3) is 5.59. The fourth-order valence-electron chi connectivity index (χ4n) is 9.92. The third-order valence-corrected chi connectivity index (χ3v) is 13.8. The molecule has 0 saturated carbocycles. The SMILES string of the molecule is c1ccc(-c2ccc(C3CCc4ccccc4-c4cc(-c5ccc6c(c5)c5ccccc5n6-c5ccc6sc7ccccc7c6c5-c5ccccc5)ccc43)cc2)cc1. The van der Waals surface area contributed by atoms with E-state index in [1.165, 1.54) is 109 Å². The van der Waals surface area contributed by atoms with Gasteiger partial charge in [0.2, 0.25) is 0 Å². The summed E-state index contributed by atoms with van der Waals surface area (Å²) in [5, 5.41) is 5.16. The lowest BCUT2D eigenvalue weighted by atomic mass is 9.84. The molecule has 2 aromatic heterocycles. The number of benzene rings is 9. The Hall–Kier alpha value is -7.00. The molecular weight excluding hydrogens is 731 g/mol. The molecule has 0 spiro atoms.